The van der Waals surface area contributed by atoms with E-state index in [1.165, 1.54) is 12.8 Å². The van der Waals surface area contributed by atoms with E-state index in [2.05, 4.69) is 21.1 Å². The van der Waals surface area contributed by atoms with E-state index >= 15 is 0 Å². The van der Waals surface area contributed by atoms with Gasteiger partial charge in [0.25, 0.3) is 0 Å². The van der Waals surface area contributed by atoms with Gasteiger partial charge in [-0.25, -0.2) is 9.78 Å². The van der Waals surface area contributed by atoms with Crippen LogP contribution in [0.15, 0.2) is 30.5 Å². The molecule has 3 N–H and O–H groups in total. The fraction of sp³-hybridized carbons (Fsp3) is 0.421. The number of aromatic nitrogens is 2. The zero-order chi connectivity index (χ0) is 18.5. The van der Waals surface area contributed by atoms with Crippen molar-refractivity contribution in [2.24, 2.45) is 5.73 Å². The van der Waals surface area contributed by atoms with Crippen LogP contribution in [0.25, 0.3) is 0 Å². The maximum Gasteiger partial charge on any atom is 0.317 e. The van der Waals surface area contributed by atoms with Gasteiger partial charge in [0.1, 0.15) is 5.82 Å². The summed E-state index contributed by atoms with van der Waals surface area (Å²) in [6.45, 7) is 2.07. The molecule has 2 heterocycles. The quantitative estimate of drug-likeness (QED) is 0.826. The van der Waals surface area contributed by atoms with E-state index in [4.69, 9.17) is 5.73 Å². The summed E-state index contributed by atoms with van der Waals surface area (Å²) in [6.07, 6.45) is 6.30. The van der Waals surface area contributed by atoms with Gasteiger partial charge in [-0.05, 0) is 30.5 Å². The SMILES string of the molecule is CN(Cc1ccc(C(N)=O)cc1)C(=O)NCCc1cn2c(n1)CCCC2. The van der Waals surface area contributed by atoms with Crippen molar-refractivity contribution >= 4 is 11.9 Å². The number of amides is 3. The molecule has 2 aromatic rings. The van der Waals surface area contributed by atoms with Gasteiger partial charge < -0.3 is 20.5 Å². The number of nitrogens with one attached hydrogen (secondary N) is 1. The van der Waals surface area contributed by atoms with E-state index in [1.54, 1.807) is 36.2 Å². The fourth-order valence-electron chi connectivity index (χ4n) is 3.14. The third-order valence-electron chi connectivity index (χ3n) is 4.62. The fourth-order valence-corrected chi connectivity index (χ4v) is 3.14. The first-order valence-corrected chi connectivity index (χ1v) is 8.95. The van der Waals surface area contributed by atoms with Crippen LogP contribution < -0.4 is 11.1 Å². The number of aryl methyl sites for hydroxylation is 2. The third-order valence-corrected chi connectivity index (χ3v) is 4.62. The van der Waals surface area contributed by atoms with Crippen LogP contribution in [0.5, 0.6) is 0 Å². The van der Waals surface area contributed by atoms with Crippen LogP contribution in [0.3, 0.4) is 0 Å². The Kier molecular flexibility index (Phi) is 5.55. The second kappa shape index (κ2) is 8.03. The number of nitrogens with two attached hydrogens (primary N) is 1. The minimum atomic E-state index is -0.455. The molecule has 1 aromatic heterocycles. The third kappa shape index (κ3) is 4.41. The zero-order valence-electron chi connectivity index (χ0n) is 15.1. The number of urea groups is 1. The monoisotopic (exact) mass is 355 g/mol. The lowest BCUT2D eigenvalue weighted by Gasteiger charge is -2.18. The minimum absolute atomic E-state index is 0.132. The zero-order valence-corrected chi connectivity index (χ0v) is 15.1. The van der Waals surface area contributed by atoms with E-state index in [-0.39, 0.29) is 6.03 Å². The van der Waals surface area contributed by atoms with Gasteiger partial charge in [-0.2, -0.15) is 0 Å². The molecule has 7 nitrogen and oxygen atoms in total. The van der Waals surface area contributed by atoms with Gasteiger partial charge in [-0.1, -0.05) is 12.1 Å². The Balaban J connectivity index is 1.45. The number of carbonyl (C=O) groups excluding carboxylic acids is 2. The highest BCUT2D eigenvalue weighted by Gasteiger charge is 2.13. The Labute approximate surface area is 153 Å². The van der Waals surface area contributed by atoms with Crippen LogP contribution in [0, 0.1) is 0 Å². The molecule has 0 unspecified atom stereocenters. The number of benzene rings is 1. The average Bonchev–Trinajstić information content (AvgIpc) is 3.04. The molecular weight excluding hydrogens is 330 g/mol. The van der Waals surface area contributed by atoms with Gasteiger partial charge >= 0.3 is 6.03 Å². The summed E-state index contributed by atoms with van der Waals surface area (Å²) in [6, 6.07) is 6.82. The largest absolute Gasteiger partial charge is 0.366 e. The summed E-state index contributed by atoms with van der Waals surface area (Å²) in [5, 5.41) is 2.92. The van der Waals surface area contributed by atoms with Gasteiger partial charge in [0, 0.05) is 51.3 Å². The average molecular weight is 355 g/mol. The summed E-state index contributed by atoms with van der Waals surface area (Å²) >= 11 is 0. The first-order chi connectivity index (χ1) is 12.5. The molecule has 7 heteroatoms. The highest BCUT2D eigenvalue weighted by molar-refractivity contribution is 5.92. The molecule has 0 saturated carbocycles. The molecule has 0 fully saturated rings. The summed E-state index contributed by atoms with van der Waals surface area (Å²) in [5.74, 6) is 0.706. The predicted octanol–water partition coefficient (Wildman–Crippen LogP) is 1.70. The van der Waals surface area contributed by atoms with Crippen molar-refractivity contribution in [2.45, 2.75) is 38.8 Å². The molecule has 0 radical (unpaired) electrons. The van der Waals surface area contributed by atoms with Crippen LogP contribution in [-0.4, -0.2) is 40.0 Å². The molecule has 1 aromatic carbocycles. The van der Waals surface area contributed by atoms with Crippen molar-refractivity contribution in [2.75, 3.05) is 13.6 Å². The minimum Gasteiger partial charge on any atom is -0.366 e. The van der Waals surface area contributed by atoms with Gasteiger partial charge in [0.15, 0.2) is 0 Å². The molecule has 3 amide bonds. The van der Waals surface area contributed by atoms with Gasteiger partial charge in [-0.3, -0.25) is 4.79 Å². The summed E-state index contributed by atoms with van der Waals surface area (Å²) in [7, 11) is 1.74. The molecule has 0 saturated heterocycles. The number of carbonyl (C=O) groups is 2. The standard InChI is InChI=1S/C19H25N5O2/c1-23(12-14-5-7-15(8-6-14)18(20)25)19(26)21-10-9-16-13-24-11-3-2-4-17(24)22-16/h5-8,13H,2-4,9-12H2,1H3,(H2,20,25)(H,21,26). The van der Waals surface area contributed by atoms with Gasteiger partial charge in [-0.15, -0.1) is 0 Å². The maximum atomic E-state index is 12.2. The molecule has 0 bridgehead atoms. The number of hydrogen-bond acceptors (Lipinski definition) is 3. The smallest absolute Gasteiger partial charge is 0.317 e. The second-order valence-corrected chi connectivity index (χ2v) is 6.70. The van der Waals surface area contributed by atoms with Crippen LogP contribution >= 0.6 is 0 Å². The highest BCUT2D eigenvalue weighted by atomic mass is 16.2. The lowest BCUT2D eigenvalue weighted by atomic mass is 10.1. The van der Waals surface area contributed by atoms with Crippen molar-refractivity contribution in [1.29, 1.82) is 0 Å². The van der Waals surface area contributed by atoms with Gasteiger partial charge in [0.05, 0.1) is 5.69 Å². The first-order valence-electron chi connectivity index (χ1n) is 8.95. The Morgan fingerprint density at radius 3 is 2.73 bits per heavy atom. The van der Waals surface area contributed by atoms with E-state index in [0.717, 1.165) is 36.5 Å². The second-order valence-electron chi connectivity index (χ2n) is 6.70. The van der Waals surface area contributed by atoms with Crippen molar-refractivity contribution < 1.29 is 9.59 Å². The summed E-state index contributed by atoms with van der Waals surface area (Å²) < 4.78 is 2.22. The van der Waals surface area contributed by atoms with Crippen molar-refractivity contribution in [3.63, 3.8) is 0 Å². The van der Waals surface area contributed by atoms with Crippen LogP contribution in [0.1, 0.15) is 40.3 Å². The van der Waals surface area contributed by atoms with Crippen LogP contribution in [-0.2, 0) is 25.9 Å². The molecule has 26 heavy (non-hydrogen) atoms. The predicted molar refractivity (Wildman–Crippen MR) is 98.7 cm³/mol. The highest BCUT2D eigenvalue weighted by Crippen LogP contribution is 2.14. The Bertz CT molecular complexity index is 758. The number of rotatable bonds is 6. The molecule has 0 aliphatic carbocycles. The van der Waals surface area contributed by atoms with E-state index in [0.29, 0.717) is 18.7 Å². The molecular formula is C19H25N5O2. The van der Waals surface area contributed by atoms with E-state index in [1.807, 2.05) is 0 Å². The first kappa shape index (κ1) is 18.0. The van der Waals surface area contributed by atoms with Crippen molar-refractivity contribution in [3.8, 4) is 0 Å². The Morgan fingerprint density at radius 1 is 1.27 bits per heavy atom. The summed E-state index contributed by atoms with van der Waals surface area (Å²) in [5.41, 5.74) is 7.66. The van der Waals surface area contributed by atoms with Crippen molar-refractivity contribution in [1.82, 2.24) is 19.8 Å². The van der Waals surface area contributed by atoms with Gasteiger partial charge in [0.2, 0.25) is 5.91 Å². The number of primary amides is 1. The number of imidazole rings is 1. The lowest BCUT2D eigenvalue weighted by molar-refractivity contribution is 0.1000. The molecule has 1 aliphatic heterocycles. The Morgan fingerprint density at radius 2 is 2.04 bits per heavy atom. The molecule has 138 valence electrons. The van der Waals surface area contributed by atoms with Crippen LogP contribution in [0.4, 0.5) is 4.79 Å². The summed E-state index contributed by atoms with van der Waals surface area (Å²) in [4.78, 5) is 29.6. The molecule has 0 spiro atoms. The van der Waals surface area contributed by atoms with Crippen LogP contribution in [0.2, 0.25) is 0 Å². The maximum absolute atomic E-state index is 12.2. The molecule has 1 aliphatic rings. The van der Waals surface area contributed by atoms with E-state index in [9.17, 15) is 9.59 Å². The lowest BCUT2D eigenvalue weighted by Crippen LogP contribution is -2.37. The van der Waals surface area contributed by atoms with E-state index < -0.39 is 5.91 Å². The molecule has 3 rings (SSSR count). The topological polar surface area (TPSA) is 93.2 Å². The molecule has 0 atom stereocenters. The normalized spacial score (nSPS) is 13.1. The number of nitrogens with zero attached hydrogens (tertiary/aromatic N) is 3. The number of fused-ring (bicyclic) bond motifs is 1. The van der Waals surface area contributed by atoms with Crippen molar-refractivity contribution in [3.05, 3.63) is 53.1 Å². The Hall–Kier alpha value is -2.83. The number of hydrogen-bond donors (Lipinski definition) is 2.